The second-order valence-corrected chi connectivity index (χ2v) is 5.98. The molecule has 1 N–H and O–H groups in total. The number of nitrogens with zero attached hydrogens (tertiary/aromatic N) is 1. The molecule has 2 aromatic rings. The van der Waals surface area contributed by atoms with Gasteiger partial charge in [-0.25, -0.2) is 0 Å². The van der Waals surface area contributed by atoms with Gasteiger partial charge in [0.15, 0.2) is 0 Å². The molecule has 0 heterocycles. The molecule has 0 aliphatic carbocycles. The largest absolute Gasteiger partial charge is 0.381 e. The van der Waals surface area contributed by atoms with Gasteiger partial charge in [0.25, 0.3) is 5.69 Å². The van der Waals surface area contributed by atoms with Gasteiger partial charge in [0, 0.05) is 22.8 Å². The molecular formula is C13H10BrIN2O2. The van der Waals surface area contributed by atoms with E-state index in [9.17, 15) is 10.1 Å². The third kappa shape index (κ3) is 3.90. The van der Waals surface area contributed by atoms with E-state index >= 15 is 0 Å². The highest BCUT2D eigenvalue weighted by Crippen LogP contribution is 2.24. The second kappa shape index (κ2) is 6.33. The van der Waals surface area contributed by atoms with Crippen molar-refractivity contribution in [3.63, 3.8) is 0 Å². The summed E-state index contributed by atoms with van der Waals surface area (Å²) in [6.45, 7) is 0.682. The first-order chi connectivity index (χ1) is 9.06. The molecule has 0 aliphatic heterocycles. The highest BCUT2D eigenvalue weighted by atomic mass is 127. The van der Waals surface area contributed by atoms with Crippen LogP contribution in [0.25, 0.3) is 0 Å². The number of rotatable bonds is 4. The number of nitro benzene ring substituents is 1. The number of nitro groups is 1. The summed E-state index contributed by atoms with van der Waals surface area (Å²) in [7, 11) is 0. The maximum atomic E-state index is 10.7. The van der Waals surface area contributed by atoms with Crippen molar-refractivity contribution in [2.45, 2.75) is 6.54 Å². The normalized spacial score (nSPS) is 10.2. The molecule has 4 nitrogen and oxygen atoms in total. The van der Waals surface area contributed by atoms with Crippen LogP contribution in [0.4, 0.5) is 11.4 Å². The monoisotopic (exact) mass is 432 g/mol. The predicted octanol–water partition coefficient (Wildman–Crippen LogP) is 4.57. The van der Waals surface area contributed by atoms with Crippen LogP contribution in [-0.2, 0) is 6.54 Å². The molecule has 0 unspecified atom stereocenters. The van der Waals surface area contributed by atoms with E-state index < -0.39 is 0 Å². The van der Waals surface area contributed by atoms with Gasteiger partial charge in [-0.2, -0.15) is 0 Å². The van der Waals surface area contributed by atoms with Crippen molar-refractivity contribution in [1.82, 2.24) is 0 Å². The molecule has 2 rings (SSSR count). The summed E-state index contributed by atoms with van der Waals surface area (Å²) in [5.41, 5.74) is 2.16. The highest BCUT2D eigenvalue weighted by Gasteiger charge is 2.11. The topological polar surface area (TPSA) is 55.2 Å². The lowest BCUT2D eigenvalue weighted by atomic mass is 10.2. The molecule has 0 aromatic heterocycles. The van der Waals surface area contributed by atoms with Crippen molar-refractivity contribution >= 4 is 49.9 Å². The Bertz CT molecular complexity index is 602. The first-order valence-electron chi connectivity index (χ1n) is 5.48. The standard InChI is InChI=1S/C13H10BrIN2O2/c14-10-3-1-9(2-4-10)8-16-11-5-6-13(17(18)19)12(15)7-11/h1-7,16H,8H2. The fourth-order valence-electron chi connectivity index (χ4n) is 1.57. The summed E-state index contributed by atoms with van der Waals surface area (Å²) in [6.07, 6.45) is 0. The van der Waals surface area contributed by atoms with Gasteiger partial charge in [0.1, 0.15) is 0 Å². The first kappa shape index (κ1) is 14.3. The minimum absolute atomic E-state index is 0.134. The minimum atomic E-state index is -0.375. The van der Waals surface area contributed by atoms with Crippen LogP contribution < -0.4 is 5.32 Å². The Morgan fingerprint density at radius 3 is 2.47 bits per heavy atom. The Hall–Kier alpha value is -1.15. The average Bonchev–Trinajstić information content (AvgIpc) is 2.37. The molecule has 0 fully saturated rings. The van der Waals surface area contributed by atoms with Crippen molar-refractivity contribution in [1.29, 1.82) is 0 Å². The van der Waals surface area contributed by atoms with Crippen LogP contribution in [0.3, 0.4) is 0 Å². The number of hydrogen-bond donors (Lipinski definition) is 1. The molecule has 0 spiro atoms. The smallest absolute Gasteiger partial charge is 0.282 e. The SMILES string of the molecule is O=[N+]([O-])c1ccc(NCc2ccc(Br)cc2)cc1I. The fourth-order valence-corrected chi connectivity index (χ4v) is 2.55. The molecule has 0 atom stereocenters. The summed E-state index contributed by atoms with van der Waals surface area (Å²) >= 11 is 5.36. The molecule has 0 saturated carbocycles. The second-order valence-electron chi connectivity index (χ2n) is 3.90. The lowest BCUT2D eigenvalue weighted by molar-refractivity contribution is -0.385. The van der Waals surface area contributed by atoms with Gasteiger partial charge in [-0.1, -0.05) is 28.1 Å². The van der Waals surface area contributed by atoms with Crippen LogP contribution >= 0.6 is 38.5 Å². The summed E-state index contributed by atoms with van der Waals surface area (Å²) in [6, 6.07) is 13.0. The highest BCUT2D eigenvalue weighted by molar-refractivity contribution is 14.1. The van der Waals surface area contributed by atoms with Crippen LogP contribution in [-0.4, -0.2) is 4.92 Å². The summed E-state index contributed by atoms with van der Waals surface area (Å²) in [5.74, 6) is 0. The van der Waals surface area contributed by atoms with Gasteiger partial charge >= 0.3 is 0 Å². The van der Waals surface area contributed by atoms with Crippen molar-refractivity contribution in [2.24, 2.45) is 0 Å². The molecule has 19 heavy (non-hydrogen) atoms. The number of benzene rings is 2. The molecule has 0 amide bonds. The van der Waals surface area contributed by atoms with Gasteiger partial charge in [-0.15, -0.1) is 0 Å². The van der Waals surface area contributed by atoms with E-state index in [1.807, 2.05) is 46.9 Å². The molecule has 6 heteroatoms. The Morgan fingerprint density at radius 1 is 1.21 bits per heavy atom. The van der Waals surface area contributed by atoms with Gasteiger partial charge in [-0.3, -0.25) is 10.1 Å². The predicted molar refractivity (Wildman–Crippen MR) is 87.3 cm³/mol. The zero-order valence-electron chi connectivity index (χ0n) is 9.77. The number of hydrogen-bond acceptors (Lipinski definition) is 3. The lowest BCUT2D eigenvalue weighted by Crippen LogP contribution is -2.00. The lowest BCUT2D eigenvalue weighted by Gasteiger charge is -2.07. The Morgan fingerprint density at radius 2 is 1.89 bits per heavy atom. The average molecular weight is 433 g/mol. The van der Waals surface area contributed by atoms with Crippen LogP contribution in [0.5, 0.6) is 0 Å². The third-order valence-electron chi connectivity index (χ3n) is 2.55. The Labute approximate surface area is 132 Å². The molecular weight excluding hydrogens is 423 g/mol. The van der Waals surface area contributed by atoms with Crippen molar-refractivity contribution < 1.29 is 4.92 Å². The number of halogens is 2. The van der Waals surface area contributed by atoms with E-state index in [1.54, 1.807) is 12.1 Å². The Balaban J connectivity index is 2.06. The van der Waals surface area contributed by atoms with Gasteiger partial charge in [0.2, 0.25) is 0 Å². The van der Waals surface area contributed by atoms with Crippen molar-refractivity contribution in [2.75, 3.05) is 5.32 Å². The molecule has 98 valence electrons. The Kier molecular flexibility index (Phi) is 4.76. The molecule has 0 saturated heterocycles. The minimum Gasteiger partial charge on any atom is -0.381 e. The third-order valence-corrected chi connectivity index (χ3v) is 3.95. The summed E-state index contributed by atoms with van der Waals surface area (Å²) in [4.78, 5) is 10.3. The van der Waals surface area contributed by atoms with E-state index in [-0.39, 0.29) is 10.6 Å². The van der Waals surface area contributed by atoms with E-state index in [0.29, 0.717) is 10.1 Å². The molecule has 0 aliphatic rings. The fraction of sp³-hybridized carbons (Fsp3) is 0.0769. The maximum Gasteiger partial charge on any atom is 0.282 e. The van der Waals surface area contributed by atoms with E-state index in [4.69, 9.17) is 0 Å². The van der Waals surface area contributed by atoms with E-state index in [0.717, 1.165) is 15.7 Å². The van der Waals surface area contributed by atoms with Gasteiger partial charge < -0.3 is 5.32 Å². The molecule has 0 bridgehead atoms. The van der Waals surface area contributed by atoms with E-state index in [1.165, 1.54) is 6.07 Å². The van der Waals surface area contributed by atoms with Gasteiger partial charge in [0.05, 0.1) is 8.49 Å². The zero-order valence-corrected chi connectivity index (χ0v) is 13.5. The van der Waals surface area contributed by atoms with E-state index in [2.05, 4.69) is 21.2 Å². The van der Waals surface area contributed by atoms with Gasteiger partial charge in [-0.05, 0) is 52.4 Å². The van der Waals surface area contributed by atoms with Crippen molar-refractivity contribution in [3.8, 4) is 0 Å². The summed E-state index contributed by atoms with van der Waals surface area (Å²) in [5, 5.41) is 14.0. The van der Waals surface area contributed by atoms with Crippen LogP contribution in [0.1, 0.15) is 5.56 Å². The maximum absolute atomic E-state index is 10.7. The number of anilines is 1. The molecule has 2 aromatic carbocycles. The number of nitrogens with one attached hydrogen (secondary N) is 1. The van der Waals surface area contributed by atoms with Crippen LogP contribution in [0.15, 0.2) is 46.9 Å². The molecule has 0 radical (unpaired) electrons. The van der Waals surface area contributed by atoms with Crippen LogP contribution in [0.2, 0.25) is 0 Å². The zero-order chi connectivity index (χ0) is 13.8. The summed E-state index contributed by atoms with van der Waals surface area (Å²) < 4.78 is 1.67. The first-order valence-corrected chi connectivity index (χ1v) is 7.35. The quantitative estimate of drug-likeness (QED) is 0.437. The van der Waals surface area contributed by atoms with Crippen molar-refractivity contribution in [3.05, 3.63) is 66.2 Å². The van der Waals surface area contributed by atoms with Crippen LogP contribution in [0, 0.1) is 13.7 Å².